The SMILES string of the molecule is O=C(NCc1cccc(Cn2cnc3ccccc32)c1)C1COCCN1. The molecule has 4 rings (SSSR count). The van der Waals surface area contributed by atoms with Crippen LogP contribution in [0.15, 0.2) is 54.9 Å². The highest BCUT2D eigenvalue weighted by Gasteiger charge is 2.20. The number of nitrogens with zero attached hydrogens (tertiary/aromatic N) is 2. The summed E-state index contributed by atoms with van der Waals surface area (Å²) >= 11 is 0. The summed E-state index contributed by atoms with van der Waals surface area (Å²) in [4.78, 5) is 16.6. The van der Waals surface area contributed by atoms with Crippen molar-refractivity contribution >= 4 is 16.9 Å². The molecule has 0 bridgehead atoms. The van der Waals surface area contributed by atoms with Crippen LogP contribution in [0.1, 0.15) is 11.1 Å². The number of morpholine rings is 1. The Morgan fingerprint density at radius 2 is 2.12 bits per heavy atom. The Hall–Kier alpha value is -2.70. The average molecular weight is 350 g/mol. The minimum atomic E-state index is -0.260. The normalized spacial score (nSPS) is 17.3. The summed E-state index contributed by atoms with van der Waals surface area (Å²) in [5.74, 6) is -0.0179. The van der Waals surface area contributed by atoms with Gasteiger partial charge in [-0.05, 0) is 23.3 Å². The number of benzene rings is 2. The molecule has 134 valence electrons. The molecule has 0 saturated carbocycles. The molecule has 1 saturated heterocycles. The molecule has 26 heavy (non-hydrogen) atoms. The molecular weight excluding hydrogens is 328 g/mol. The van der Waals surface area contributed by atoms with Crippen LogP contribution in [0.3, 0.4) is 0 Å². The maximum Gasteiger partial charge on any atom is 0.239 e. The Labute approximate surface area is 152 Å². The van der Waals surface area contributed by atoms with E-state index in [1.165, 1.54) is 5.56 Å². The van der Waals surface area contributed by atoms with E-state index in [1.807, 2.05) is 36.7 Å². The number of carbonyl (C=O) groups is 1. The van der Waals surface area contributed by atoms with Gasteiger partial charge in [0.25, 0.3) is 0 Å². The van der Waals surface area contributed by atoms with Gasteiger partial charge < -0.3 is 19.9 Å². The van der Waals surface area contributed by atoms with Crippen LogP contribution in [0.4, 0.5) is 0 Å². The van der Waals surface area contributed by atoms with Crippen LogP contribution in [0, 0.1) is 0 Å². The fourth-order valence-corrected chi connectivity index (χ4v) is 3.22. The van der Waals surface area contributed by atoms with E-state index < -0.39 is 0 Å². The molecule has 1 unspecified atom stereocenters. The monoisotopic (exact) mass is 350 g/mol. The highest BCUT2D eigenvalue weighted by Crippen LogP contribution is 2.15. The number of hydrogen-bond donors (Lipinski definition) is 2. The zero-order valence-electron chi connectivity index (χ0n) is 14.5. The van der Waals surface area contributed by atoms with E-state index in [2.05, 4.69) is 38.4 Å². The number of nitrogens with one attached hydrogen (secondary N) is 2. The number of aromatic nitrogens is 2. The molecule has 2 aromatic carbocycles. The van der Waals surface area contributed by atoms with Gasteiger partial charge in [-0.2, -0.15) is 0 Å². The molecule has 1 fully saturated rings. The highest BCUT2D eigenvalue weighted by atomic mass is 16.5. The van der Waals surface area contributed by atoms with E-state index in [1.54, 1.807) is 0 Å². The third-order valence-electron chi connectivity index (χ3n) is 4.58. The van der Waals surface area contributed by atoms with Crippen molar-refractivity contribution in [3.05, 3.63) is 66.0 Å². The van der Waals surface area contributed by atoms with E-state index in [0.29, 0.717) is 26.3 Å². The number of amides is 1. The van der Waals surface area contributed by atoms with Crippen LogP contribution in [0.2, 0.25) is 0 Å². The molecule has 1 aromatic heterocycles. The minimum Gasteiger partial charge on any atom is -0.378 e. The quantitative estimate of drug-likeness (QED) is 0.735. The Kier molecular flexibility index (Phi) is 4.95. The number of fused-ring (bicyclic) bond motifs is 1. The van der Waals surface area contributed by atoms with Crippen molar-refractivity contribution in [1.82, 2.24) is 20.2 Å². The van der Waals surface area contributed by atoms with Gasteiger partial charge in [-0.1, -0.05) is 36.4 Å². The summed E-state index contributed by atoms with van der Waals surface area (Å²) in [6.45, 7) is 3.07. The summed E-state index contributed by atoms with van der Waals surface area (Å²) in [5, 5.41) is 6.15. The van der Waals surface area contributed by atoms with Crippen molar-refractivity contribution in [3.8, 4) is 0 Å². The fraction of sp³-hybridized carbons (Fsp3) is 0.300. The highest BCUT2D eigenvalue weighted by molar-refractivity contribution is 5.82. The molecule has 2 heterocycles. The van der Waals surface area contributed by atoms with Crippen LogP contribution in [-0.4, -0.2) is 41.3 Å². The Morgan fingerprint density at radius 1 is 1.23 bits per heavy atom. The molecule has 1 aliphatic rings. The number of ether oxygens (including phenoxy) is 1. The van der Waals surface area contributed by atoms with Crippen LogP contribution >= 0.6 is 0 Å². The van der Waals surface area contributed by atoms with Crippen LogP contribution in [0.5, 0.6) is 0 Å². The predicted octanol–water partition coefficient (Wildman–Crippen LogP) is 1.69. The van der Waals surface area contributed by atoms with Crippen molar-refractivity contribution in [1.29, 1.82) is 0 Å². The largest absolute Gasteiger partial charge is 0.378 e. The third kappa shape index (κ3) is 3.76. The molecule has 0 aliphatic carbocycles. The van der Waals surface area contributed by atoms with E-state index in [9.17, 15) is 4.79 Å². The first-order chi connectivity index (χ1) is 12.8. The summed E-state index contributed by atoms with van der Waals surface area (Å²) in [6, 6.07) is 16.1. The lowest BCUT2D eigenvalue weighted by atomic mass is 10.1. The van der Waals surface area contributed by atoms with Gasteiger partial charge in [0, 0.05) is 19.6 Å². The van der Waals surface area contributed by atoms with Crippen LogP contribution in [0.25, 0.3) is 11.0 Å². The van der Waals surface area contributed by atoms with Gasteiger partial charge in [-0.15, -0.1) is 0 Å². The van der Waals surface area contributed by atoms with Crippen molar-refractivity contribution in [3.63, 3.8) is 0 Å². The summed E-state index contributed by atoms with van der Waals surface area (Å²) in [7, 11) is 0. The van der Waals surface area contributed by atoms with E-state index in [-0.39, 0.29) is 11.9 Å². The average Bonchev–Trinajstić information content (AvgIpc) is 3.10. The van der Waals surface area contributed by atoms with Crippen LogP contribution in [-0.2, 0) is 22.6 Å². The van der Waals surface area contributed by atoms with Gasteiger partial charge >= 0.3 is 0 Å². The Morgan fingerprint density at radius 3 is 3.00 bits per heavy atom. The van der Waals surface area contributed by atoms with Gasteiger partial charge in [0.2, 0.25) is 5.91 Å². The molecule has 1 atom stereocenters. The minimum absolute atomic E-state index is 0.0179. The molecule has 6 nitrogen and oxygen atoms in total. The molecule has 2 N–H and O–H groups in total. The first kappa shape index (κ1) is 16.8. The zero-order valence-corrected chi connectivity index (χ0v) is 14.5. The van der Waals surface area contributed by atoms with E-state index >= 15 is 0 Å². The molecule has 1 aliphatic heterocycles. The molecule has 3 aromatic rings. The predicted molar refractivity (Wildman–Crippen MR) is 99.7 cm³/mol. The number of rotatable bonds is 5. The van der Waals surface area contributed by atoms with Crippen molar-refractivity contribution in [2.24, 2.45) is 0 Å². The van der Waals surface area contributed by atoms with Gasteiger partial charge in [0.15, 0.2) is 0 Å². The second-order valence-corrected chi connectivity index (χ2v) is 6.48. The number of carbonyl (C=O) groups excluding carboxylic acids is 1. The number of imidazole rings is 1. The summed E-state index contributed by atoms with van der Waals surface area (Å²) in [6.07, 6.45) is 1.87. The lowest BCUT2D eigenvalue weighted by Crippen LogP contribution is -2.51. The topological polar surface area (TPSA) is 68.2 Å². The molecule has 0 radical (unpaired) electrons. The van der Waals surface area contributed by atoms with Gasteiger partial charge in [-0.3, -0.25) is 4.79 Å². The lowest BCUT2D eigenvalue weighted by Gasteiger charge is -2.22. The zero-order chi connectivity index (χ0) is 17.8. The first-order valence-corrected chi connectivity index (χ1v) is 8.86. The van der Waals surface area contributed by atoms with Gasteiger partial charge in [-0.25, -0.2) is 4.98 Å². The Balaban J connectivity index is 1.41. The van der Waals surface area contributed by atoms with Crippen molar-refractivity contribution in [2.75, 3.05) is 19.8 Å². The Bertz CT molecular complexity index is 899. The summed E-state index contributed by atoms with van der Waals surface area (Å²) in [5.41, 5.74) is 4.38. The standard InChI is InChI=1S/C20H22N4O2/c25-20(18-13-26-9-8-21-18)22-11-15-4-3-5-16(10-15)12-24-14-23-17-6-1-2-7-19(17)24/h1-7,10,14,18,21H,8-9,11-13H2,(H,22,25). The van der Waals surface area contributed by atoms with Gasteiger partial charge in [0.05, 0.1) is 30.6 Å². The molecule has 0 spiro atoms. The number of hydrogen-bond acceptors (Lipinski definition) is 4. The fourth-order valence-electron chi connectivity index (χ4n) is 3.22. The third-order valence-corrected chi connectivity index (χ3v) is 4.58. The van der Waals surface area contributed by atoms with E-state index in [4.69, 9.17) is 4.74 Å². The summed E-state index contributed by atoms with van der Waals surface area (Å²) < 4.78 is 7.47. The first-order valence-electron chi connectivity index (χ1n) is 8.86. The second kappa shape index (κ2) is 7.68. The molecular formula is C20H22N4O2. The van der Waals surface area contributed by atoms with Gasteiger partial charge in [0.1, 0.15) is 6.04 Å². The van der Waals surface area contributed by atoms with Crippen molar-refractivity contribution < 1.29 is 9.53 Å². The maximum absolute atomic E-state index is 12.2. The second-order valence-electron chi connectivity index (χ2n) is 6.48. The number of para-hydroxylation sites is 2. The van der Waals surface area contributed by atoms with E-state index in [0.717, 1.165) is 23.1 Å². The van der Waals surface area contributed by atoms with Crippen LogP contribution < -0.4 is 10.6 Å². The van der Waals surface area contributed by atoms with Crippen molar-refractivity contribution in [2.45, 2.75) is 19.1 Å². The smallest absolute Gasteiger partial charge is 0.239 e. The maximum atomic E-state index is 12.2. The lowest BCUT2D eigenvalue weighted by molar-refractivity contribution is -0.126. The molecule has 6 heteroatoms. The molecule has 1 amide bonds.